The van der Waals surface area contributed by atoms with Crippen molar-refractivity contribution in [3.8, 4) is 0 Å². The molecule has 5 nitrogen and oxygen atoms in total. The Bertz CT molecular complexity index is 773. The molecule has 6 heteroatoms. The van der Waals surface area contributed by atoms with Gasteiger partial charge < -0.3 is 14.6 Å². The maximum atomic E-state index is 12.6. The van der Waals surface area contributed by atoms with Crippen LogP contribution in [-0.2, 0) is 16.1 Å². The van der Waals surface area contributed by atoms with Crippen LogP contribution >= 0.6 is 11.3 Å². The SMILES string of the molecule is Cc1cc(C(=O)O[C@H](C)C(=O)NC2CCCC2)c(C)n1Cc1cccs1. The highest BCUT2D eigenvalue weighted by Gasteiger charge is 2.25. The second-order valence-corrected chi connectivity index (χ2v) is 8.02. The van der Waals surface area contributed by atoms with Crippen LogP contribution in [0.4, 0.5) is 0 Å². The van der Waals surface area contributed by atoms with Crippen molar-refractivity contribution < 1.29 is 14.3 Å². The lowest BCUT2D eigenvalue weighted by Gasteiger charge is -2.17. The average molecular weight is 375 g/mol. The number of nitrogens with one attached hydrogen (secondary N) is 1. The molecule has 3 rings (SSSR count). The Balaban J connectivity index is 1.64. The van der Waals surface area contributed by atoms with E-state index in [9.17, 15) is 9.59 Å². The van der Waals surface area contributed by atoms with Crippen LogP contribution in [0.1, 0.15) is 59.2 Å². The van der Waals surface area contributed by atoms with Gasteiger partial charge in [0.15, 0.2) is 6.10 Å². The maximum absolute atomic E-state index is 12.6. The molecule has 2 heterocycles. The summed E-state index contributed by atoms with van der Waals surface area (Å²) in [5, 5.41) is 5.02. The molecule has 2 aromatic heterocycles. The Morgan fingerprint density at radius 2 is 2.08 bits per heavy atom. The number of esters is 1. The van der Waals surface area contributed by atoms with Crippen LogP contribution in [0.2, 0.25) is 0 Å². The fourth-order valence-electron chi connectivity index (χ4n) is 3.48. The first kappa shape index (κ1) is 18.7. The number of hydrogen-bond acceptors (Lipinski definition) is 4. The molecule has 1 amide bonds. The number of carbonyl (C=O) groups is 2. The van der Waals surface area contributed by atoms with Crippen molar-refractivity contribution in [2.75, 3.05) is 0 Å². The molecule has 26 heavy (non-hydrogen) atoms. The molecular weight excluding hydrogens is 348 g/mol. The lowest BCUT2D eigenvalue weighted by atomic mass is 10.2. The van der Waals surface area contributed by atoms with E-state index in [1.165, 1.54) is 4.88 Å². The molecule has 0 saturated heterocycles. The van der Waals surface area contributed by atoms with Gasteiger partial charge in [-0.05, 0) is 51.1 Å². The standard InChI is InChI=1S/C20H26N2O3S/c1-13-11-18(14(2)22(13)12-17-9-6-10-26-17)20(24)25-15(3)19(23)21-16-7-4-5-8-16/h6,9-11,15-16H,4-5,7-8,12H2,1-3H3,(H,21,23)/t15-/m1/s1. The topological polar surface area (TPSA) is 60.3 Å². The highest BCUT2D eigenvalue weighted by atomic mass is 32.1. The van der Waals surface area contributed by atoms with E-state index in [2.05, 4.69) is 16.0 Å². The third kappa shape index (κ3) is 4.18. The minimum Gasteiger partial charge on any atom is -0.449 e. The van der Waals surface area contributed by atoms with Gasteiger partial charge in [-0.2, -0.15) is 0 Å². The third-order valence-electron chi connectivity index (χ3n) is 5.04. The van der Waals surface area contributed by atoms with E-state index in [0.717, 1.165) is 43.6 Å². The smallest absolute Gasteiger partial charge is 0.340 e. The number of carbonyl (C=O) groups excluding carboxylic acids is 2. The summed E-state index contributed by atoms with van der Waals surface area (Å²) in [7, 11) is 0. The van der Waals surface area contributed by atoms with Gasteiger partial charge in [-0.25, -0.2) is 4.79 Å². The van der Waals surface area contributed by atoms with Gasteiger partial charge in [0.25, 0.3) is 5.91 Å². The number of rotatable bonds is 6. The van der Waals surface area contributed by atoms with E-state index in [4.69, 9.17) is 4.74 Å². The van der Waals surface area contributed by atoms with E-state index in [0.29, 0.717) is 5.56 Å². The molecule has 1 fully saturated rings. The zero-order chi connectivity index (χ0) is 18.7. The number of aryl methyl sites for hydroxylation is 1. The molecular formula is C20H26N2O3S. The molecule has 1 saturated carbocycles. The number of thiophene rings is 1. The van der Waals surface area contributed by atoms with Crippen molar-refractivity contribution >= 4 is 23.2 Å². The Morgan fingerprint density at radius 1 is 1.35 bits per heavy atom. The van der Waals surface area contributed by atoms with Crippen molar-refractivity contribution in [3.63, 3.8) is 0 Å². The second-order valence-electron chi connectivity index (χ2n) is 6.99. The van der Waals surface area contributed by atoms with Gasteiger partial charge in [-0.3, -0.25) is 4.79 Å². The first-order valence-electron chi connectivity index (χ1n) is 9.16. The number of hydrogen-bond donors (Lipinski definition) is 1. The summed E-state index contributed by atoms with van der Waals surface area (Å²) in [6, 6.07) is 6.16. The minimum atomic E-state index is -0.788. The normalized spacial score (nSPS) is 15.8. The zero-order valence-corrected chi connectivity index (χ0v) is 16.4. The van der Waals surface area contributed by atoms with Crippen LogP contribution in [0, 0.1) is 13.8 Å². The summed E-state index contributed by atoms with van der Waals surface area (Å²) in [5.41, 5.74) is 2.40. The molecule has 1 aliphatic rings. The molecule has 1 atom stereocenters. The average Bonchev–Trinajstić information content (AvgIpc) is 3.34. The molecule has 140 valence electrons. The summed E-state index contributed by atoms with van der Waals surface area (Å²) in [4.78, 5) is 26.0. The van der Waals surface area contributed by atoms with Gasteiger partial charge in [0, 0.05) is 22.3 Å². The van der Waals surface area contributed by atoms with Gasteiger partial charge in [-0.1, -0.05) is 18.9 Å². The number of aromatic nitrogens is 1. The van der Waals surface area contributed by atoms with Gasteiger partial charge in [0.2, 0.25) is 0 Å². The van der Waals surface area contributed by atoms with Crippen molar-refractivity contribution in [2.24, 2.45) is 0 Å². The molecule has 0 radical (unpaired) electrons. The van der Waals surface area contributed by atoms with Crippen molar-refractivity contribution in [2.45, 2.75) is 65.1 Å². The summed E-state index contributed by atoms with van der Waals surface area (Å²) in [6.07, 6.45) is 3.53. The van der Waals surface area contributed by atoms with Crippen LogP contribution < -0.4 is 5.32 Å². The molecule has 1 aliphatic carbocycles. The van der Waals surface area contributed by atoms with Crippen molar-refractivity contribution in [1.82, 2.24) is 9.88 Å². The van der Waals surface area contributed by atoms with Crippen LogP contribution in [0.3, 0.4) is 0 Å². The van der Waals surface area contributed by atoms with E-state index in [1.54, 1.807) is 18.3 Å². The molecule has 0 aliphatic heterocycles. The van der Waals surface area contributed by atoms with Crippen LogP contribution in [0.25, 0.3) is 0 Å². The highest BCUT2D eigenvalue weighted by molar-refractivity contribution is 7.09. The van der Waals surface area contributed by atoms with Gasteiger partial charge in [0.05, 0.1) is 12.1 Å². The predicted molar refractivity (Wildman–Crippen MR) is 103 cm³/mol. The van der Waals surface area contributed by atoms with Crippen LogP contribution in [0.15, 0.2) is 23.6 Å². The Labute approximate surface area is 158 Å². The number of ether oxygens (including phenoxy) is 1. The van der Waals surface area contributed by atoms with Crippen molar-refractivity contribution in [3.05, 3.63) is 45.4 Å². The van der Waals surface area contributed by atoms with E-state index in [-0.39, 0.29) is 11.9 Å². The highest BCUT2D eigenvalue weighted by Crippen LogP contribution is 2.21. The quantitative estimate of drug-likeness (QED) is 0.782. The van der Waals surface area contributed by atoms with E-state index in [1.807, 2.05) is 31.4 Å². The molecule has 0 bridgehead atoms. The summed E-state index contributed by atoms with van der Waals surface area (Å²) in [6.45, 7) is 6.27. The summed E-state index contributed by atoms with van der Waals surface area (Å²) in [5.74, 6) is -0.651. The zero-order valence-electron chi connectivity index (χ0n) is 15.6. The van der Waals surface area contributed by atoms with E-state index < -0.39 is 12.1 Å². The van der Waals surface area contributed by atoms with Gasteiger partial charge >= 0.3 is 5.97 Å². The first-order valence-corrected chi connectivity index (χ1v) is 10.0. The number of nitrogens with zero attached hydrogens (tertiary/aromatic N) is 1. The third-order valence-corrected chi connectivity index (χ3v) is 5.90. The molecule has 0 aromatic carbocycles. The Hall–Kier alpha value is -2.08. The number of amides is 1. The summed E-state index contributed by atoms with van der Waals surface area (Å²) >= 11 is 1.69. The molecule has 0 spiro atoms. The lowest BCUT2D eigenvalue weighted by Crippen LogP contribution is -2.40. The summed E-state index contributed by atoms with van der Waals surface area (Å²) < 4.78 is 7.53. The van der Waals surface area contributed by atoms with Crippen LogP contribution in [0.5, 0.6) is 0 Å². The van der Waals surface area contributed by atoms with E-state index >= 15 is 0 Å². The second kappa shape index (κ2) is 8.08. The van der Waals surface area contributed by atoms with Crippen molar-refractivity contribution in [1.29, 1.82) is 0 Å². The minimum absolute atomic E-state index is 0.211. The Kier molecular flexibility index (Phi) is 5.81. The largest absolute Gasteiger partial charge is 0.449 e. The van der Waals surface area contributed by atoms with Gasteiger partial charge in [-0.15, -0.1) is 11.3 Å². The fraction of sp³-hybridized carbons (Fsp3) is 0.500. The lowest BCUT2D eigenvalue weighted by molar-refractivity contribution is -0.129. The molecule has 0 unspecified atom stereocenters. The fourth-order valence-corrected chi connectivity index (χ4v) is 4.17. The molecule has 1 N–H and O–H groups in total. The Morgan fingerprint density at radius 3 is 2.73 bits per heavy atom. The predicted octanol–water partition coefficient (Wildman–Crippen LogP) is 3.82. The van der Waals surface area contributed by atoms with Crippen LogP contribution in [-0.4, -0.2) is 28.6 Å². The first-order chi connectivity index (χ1) is 12.5. The maximum Gasteiger partial charge on any atom is 0.340 e. The molecule has 2 aromatic rings. The monoisotopic (exact) mass is 374 g/mol. The van der Waals surface area contributed by atoms with Gasteiger partial charge in [0.1, 0.15) is 0 Å².